The van der Waals surface area contributed by atoms with Gasteiger partial charge in [0.05, 0.1) is 17.6 Å². The van der Waals surface area contributed by atoms with Crippen LogP contribution in [0.5, 0.6) is 0 Å². The van der Waals surface area contributed by atoms with Gasteiger partial charge in [0.1, 0.15) is 5.00 Å². The molecule has 2 aromatic rings. The monoisotopic (exact) mass is 478 g/mol. The number of ketones is 1. The number of nitrogens with zero attached hydrogens (tertiary/aromatic N) is 1. The van der Waals surface area contributed by atoms with Gasteiger partial charge in [-0.05, 0) is 51.3 Å². The first-order chi connectivity index (χ1) is 15.1. The number of nitrogens with one attached hydrogen (secondary N) is 1. The number of benzene rings is 1. The minimum absolute atomic E-state index is 0.123. The van der Waals surface area contributed by atoms with Gasteiger partial charge in [-0.15, -0.1) is 11.3 Å². The Labute approximate surface area is 191 Å². The van der Waals surface area contributed by atoms with Gasteiger partial charge in [0.2, 0.25) is 15.9 Å². The molecule has 0 radical (unpaired) electrons. The van der Waals surface area contributed by atoms with Crippen molar-refractivity contribution in [2.75, 3.05) is 25.5 Å². The maximum atomic E-state index is 12.9. The summed E-state index contributed by atoms with van der Waals surface area (Å²) in [7, 11) is -2.41. The van der Waals surface area contributed by atoms with E-state index in [0.717, 1.165) is 10.4 Å². The van der Waals surface area contributed by atoms with Crippen molar-refractivity contribution in [2.24, 2.45) is 5.92 Å². The molecule has 0 aliphatic carbocycles. The standard InChI is InChI=1S/C22H26N2O6S2/c1-13-15(3)31-21(19(13)22(27)30-4)23-20(26)17-9-11-24(12-10-17)32(28,29)18-7-5-16(6-8-18)14(2)25/h5-8,17H,9-12H2,1-4H3,(H,23,26). The summed E-state index contributed by atoms with van der Waals surface area (Å²) < 4.78 is 32.0. The fraction of sp³-hybridized carbons (Fsp3) is 0.409. The molecule has 1 aromatic carbocycles. The van der Waals surface area contributed by atoms with Crippen LogP contribution in [0.15, 0.2) is 29.2 Å². The van der Waals surface area contributed by atoms with Gasteiger partial charge in [-0.25, -0.2) is 13.2 Å². The molecule has 0 saturated carbocycles. The van der Waals surface area contributed by atoms with Crippen LogP contribution in [0.4, 0.5) is 5.00 Å². The van der Waals surface area contributed by atoms with Crippen LogP contribution in [0.2, 0.25) is 0 Å². The van der Waals surface area contributed by atoms with Gasteiger partial charge in [-0.2, -0.15) is 4.31 Å². The molecule has 1 fully saturated rings. The predicted octanol–water partition coefficient (Wildman–Crippen LogP) is 3.39. The molecule has 1 aliphatic heterocycles. The first kappa shape index (κ1) is 24.1. The maximum absolute atomic E-state index is 12.9. The lowest BCUT2D eigenvalue weighted by Gasteiger charge is -2.30. The Morgan fingerprint density at radius 3 is 2.22 bits per heavy atom. The lowest BCUT2D eigenvalue weighted by atomic mass is 9.97. The minimum Gasteiger partial charge on any atom is -0.465 e. The summed E-state index contributed by atoms with van der Waals surface area (Å²) >= 11 is 1.32. The van der Waals surface area contributed by atoms with Crippen LogP contribution in [-0.4, -0.2) is 50.6 Å². The minimum atomic E-state index is -3.70. The van der Waals surface area contributed by atoms with Crippen LogP contribution < -0.4 is 5.32 Å². The Hall–Kier alpha value is -2.56. The molecule has 1 N–H and O–H groups in total. The highest BCUT2D eigenvalue weighted by Gasteiger charge is 2.33. The molecular formula is C22H26N2O6S2. The maximum Gasteiger partial charge on any atom is 0.341 e. The summed E-state index contributed by atoms with van der Waals surface area (Å²) in [5, 5.41) is 3.29. The molecule has 1 amide bonds. The molecule has 3 rings (SSSR count). The number of amides is 1. The Balaban J connectivity index is 1.67. The van der Waals surface area contributed by atoms with Crippen LogP contribution in [0.25, 0.3) is 0 Å². The Kier molecular flexibility index (Phi) is 7.16. The molecule has 32 heavy (non-hydrogen) atoms. The first-order valence-electron chi connectivity index (χ1n) is 10.2. The molecule has 1 aliphatic rings. The van der Waals surface area contributed by atoms with E-state index in [9.17, 15) is 22.8 Å². The van der Waals surface area contributed by atoms with Crippen LogP contribution in [0, 0.1) is 19.8 Å². The Morgan fingerprint density at radius 1 is 1.09 bits per heavy atom. The predicted molar refractivity (Wildman–Crippen MR) is 122 cm³/mol. The highest BCUT2D eigenvalue weighted by molar-refractivity contribution is 7.89. The van der Waals surface area contributed by atoms with E-state index in [1.54, 1.807) is 6.92 Å². The third-order valence-electron chi connectivity index (χ3n) is 5.73. The lowest BCUT2D eigenvalue weighted by molar-refractivity contribution is -0.120. The summed E-state index contributed by atoms with van der Waals surface area (Å²) in [6, 6.07) is 5.86. The highest BCUT2D eigenvalue weighted by Crippen LogP contribution is 2.34. The summed E-state index contributed by atoms with van der Waals surface area (Å²) in [5.41, 5.74) is 1.58. The zero-order valence-corrected chi connectivity index (χ0v) is 20.1. The average Bonchev–Trinajstić information content (AvgIpc) is 3.06. The number of ether oxygens (including phenoxy) is 1. The number of hydrogen-bond donors (Lipinski definition) is 1. The van der Waals surface area contributed by atoms with Gasteiger partial charge >= 0.3 is 5.97 Å². The number of aryl methyl sites for hydroxylation is 1. The number of sulfonamides is 1. The van der Waals surface area contributed by atoms with Crippen molar-refractivity contribution < 1.29 is 27.5 Å². The second kappa shape index (κ2) is 9.51. The Morgan fingerprint density at radius 2 is 1.69 bits per heavy atom. The van der Waals surface area contributed by atoms with Crippen molar-refractivity contribution >= 4 is 44.0 Å². The zero-order chi connectivity index (χ0) is 23.6. The number of anilines is 1. The summed E-state index contributed by atoms with van der Waals surface area (Å²) in [6.07, 6.45) is 0.737. The van der Waals surface area contributed by atoms with Gasteiger partial charge in [0.25, 0.3) is 0 Å². The van der Waals surface area contributed by atoms with E-state index >= 15 is 0 Å². The van der Waals surface area contributed by atoms with Gasteiger partial charge in [0, 0.05) is 29.4 Å². The normalized spacial score (nSPS) is 15.4. The fourth-order valence-electron chi connectivity index (χ4n) is 3.65. The smallest absolute Gasteiger partial charge is 0.341 e. The molecule has 0 spiro atoms. The molecule has 10 heteroatoms. The molecule has 0 bridgehead atoms. The number of esters is 1. The highest BCUT2D eigenvalue weighted by atomic mass is 32.2. The van der Waals surface area contributed by atoms with Crippen molar-refractivity contribution in [1.82, 2.24) is 4.31 Å². The van der Waals surface area contributed by atoms with Crippen molar-refractivity contribution in [3.8, 4) is 0 Å². The summed E-state index contributed by atoms with van der Waals surface area (Å²) in [5.74, 6) is -1.24. The van der Waals surface area contributed by atoms with Crippen LogP contribution in [0.1, 0.15) is 50.9 Å². The van der Waals surface area contributed by atoms with E-state index < -0.39 is 16.0 Å². The second-order valence-electron chi connectivity index (χ2n) is 7.73. The zero-order valence-electron chi connectivity index (χ0n) is 18.4. The van der Waals surface area contributed by atoms with Crippen molar-refractivity contribution in [3.05, 3.63) is 45.8 Å². The van der Waals surface area contributed by atoms with Crippen molar-refractivity contribution in [1.29, 1.82) is 0 Å². The van der Waals surface area contributed by atoms with Gasteiger partial charge < -0.3 is 10.1 Å². The second-order valence-corrected chi connectivity index (χ2v) is 10.9. The van der Waals surface area contributed by atoms with Crippen LogP contribution in [-0.2, 0) is 19.6 Å². The van der Waals surface area contributed by atoms with E-state index in [2.05, 4.69) is 5.32 Å². The van der Waals surface area contributed by atoms with Crippen LogP contribution in [0.3, 0.4) is 0 Å². The average molecular weight is 479 g/mol. The SMILES string of the molecule is COC(=O)c1c(NC(=O)C2CCN(S(=O)(=O)c3ccc(C(C)=O)cc3)CC2)sc(C)c1C. The topological polar surface area (TPSA) is 110 Å². The van der Waals surface area contributed by atoms with E-state index in [1.807, 2.05) is 6.92 Å². The molecule has 1 saturated heterocycles. The lowest BCUT2D eigenvalue weighted by Crippen LogP contribution is -2.41. The summed E-state index contributed by atoms with van der Waals surface area (Å²) in [6.45, 7) is 5.52. The van der Waals surface area contributed by atoms with Gasteiger partial charge in [-0.3, -0.25) is 9.59 Å². The largest absolute Gasteiger partial charge is 0.465 e. The number of Topliss-reactive ketones (excluding diaryl/α,β-unsaturated/α-hetero) is 1. The Bertz CT molecular complexity index is 1140. The van der Waals surface area contributed by atoms with E-state index in [0.29, 0.717) is 29.0 Å². The fourth-order valence-corrected chi connectivity index (χ4v) is 6.17. The number of carbonyl (C=O) groups is 3. The number of piperidine rings is 1. The van der Waals surface area contributed by atoms with Crippen molar-refractivity contribution in [2.45, 2.75) is 38.5 Å². The third kappa shape index (κ3) is 4.77. The number of hydrogen-bond acceptors (Lipinski definition) is 7. The third-order valence-corrected chi connectivity index (χ3v) is 8.77. The molecule has 2 heterocycles. The van der Waals surface area contributed by atoms with E-state index in [-0.39, 0.29) is 35.6 Å². The van der Waals surface area contributed by atoms with Crippen molar-refractivity contribution in [3.63, 3.8) is 0 Å². The molecule has 172 valence electrons. The number of carbonyl (C=O) groups excluding carboxylic acids is 3. The van der Waals surface area contributed by atoms with E-state index in [1.165, 1.54) is 53.9 Å². The number of rotatable bonds is 6. The molecule has 0 unspecified atom stereocenters. The van der Waals surface area contributed by atoms with Crippen LogP contribution >= 0.6 is 11.3 Å². The number of thiophene rings is 1. The molecule has 8 nitrogen and oxygen atoms in total. The molecular weight excluding hydrogens is 452 g/mol. The van der Waals surface area contributed by atoms with Gasteiger partial charge in [-0.1, -0.05) is 12.1 Å². The van der Waals surface area contributed by atoms with E-state index in [4.69, 9.17) is 4.74 Å². The first-order valence-corrected chi connectivity index (χ1v) is 12.4. The molecule has 1 aromatic heterocycles. The van der Waals surface area contributed by atoms with Gasteiger partial charge in [0.15, 0.2) is 5.78 Å². The summed E-state index contributed by atoms with van der Waals surface area (Å²) in [4.78, 5) is 37.4. The number of methoxy groups -OCH3 is 1. The quantitative estimate of drug-likeness (QED) is 0.503. The molecule has 0 atom stereocenters.